The normalized spacial score (nSPS) is 11.5. The second-order valence-electron chi connectivity index (χ2n) is 4.69. The molecule has 1 atom stereocenters. The van der Waals surface area contributed by atoms with E-state index < -0.39 is 11.9 Å². The molecule has 0 amide bonds. The maximum atomic E-state index is 12.7. The van der Waals surface area contributed by atoms with Crippen LogP contribution in [0.5, 0.6) is 5.75 Å². The third-order valence-electron chi connectivity index (χ3n) is 3.29. The molecular weight excluding hydrogens is 280 g/mol. The number of esters is 1. The van der Waals surface area contributed by atoms with Gasteiger partial charge in [-0.2, -0.15) is 0 Å². The highest BCUT2D eigenvalue weighted by molar-refractivity contribution is 6.12. The lowest BCUT2D eigenvalue weighted by atomic mass is 9.90. The maximum Gasteiger partial charge on any atom is 0.321 e. The Hall–Kier alpha value is -2.62. The zero-order valence-corrected chi connectivity index (χ0v) is 12.6. The third kappa shape index (κ3) is 3.52. The molecule has 0 unspecified atom stereocenters. The van der Waals surface area contributed by atoms with Crippen LogP contribution in [0.15, 0.2) is 54.6 Å². The van der Waals surface area contributed by atoms with Gasteiger partial charge >= 0.3 is 5.97 Å². The van der Waals surface area contributed by atoms with Crippen LogP contribution in [0.25, 0.3) is 0 Å². The molecule has 0 aliphatic rings. The molecule has 2 aromatic carbocycles. The molecule has 0 radical (unpaired) electrons. The van der Waals surface area contributed by atoms with Crippen molar-refractivity contribution >= 4 is 11.8 Å². The molecule has 0 saturated carbocycles. The summed E-state index contributed by atoms with van der Waals surface area (Å²) in [5.41, 5.74) is 1.07. The van der Waals surface area contributed by atoms with E-state index in [4.69, 9.17) is 9.47 Å². The zero-order valence-electron chi connectivity index (χ0n) is 12.6. The topological polar surface area (TPSA) is 52.6 Å². The van der Waals surface area contributed by atoms with Crippen molar-refractivity contribution in [1.29, 1.82) is 0 Å². The van der Waals surface area contributed by atoms with Gasteiger partial charge < -0.3 is 9.47 Å². The highest BCUT2D eigenvalue weighted by atomic mass is 16.5. The lowest BCUT2D eigenvalue weighted by Crippen LogP contribution is -2.24. The molecule has 4 nitrogen and oxygen atoms in total. The van der Waals surface area contributed by atoms with Gasteiger partial charge in [-0.3, -0.25) is 9.59 Å². The molecule has 114 valence electrons. The van der Waals surface area contributed by atoms with Gasteiger partial charge in [0, 0.05) is 5.56 Å². The second kappa shape index (κ2) is 7.41. The number of ketones is 1. The van der Waals surface area contributed by atoms with Gasteiger partial charge in [0.15, 0.2) is 5.78 Å². The average Bonchev–Trinajstić information content (AvgIpc) is 2.56. The van der Waals surface area contributed by atoms with E-state index in [1.807, 2.05) is 6.07 Å². The largest absolute Gasteiger partial charge is 0.497 e. The van der Waals surface area contributed by atoms with E-state index in [1.165, 1.54) is 0 Å². The van der Waals surface area contributed by atoms with Crippen LogP contribution in [0.4, 0.5) is 0 Å². The number of Topliss-reactive ketones (excluding diaryl/α,β-unsaturated/α-hetero) is 1. The van der Waals surface area contributed by atoms with Crippen molar-refractivity contribution in [2.45, 2.75) is 12.8 Å². The van der Waals surface area contributed by atoms with Crippen LogP contribution in [0, 0.1) is 0 Å². The van der Waals surface area contributed by atoms with Crippen LogP contribution in [0.3, 0.4) is 0 Å². The molecule has 0 saturated heterocycles. The molecule has 0 aromatic heterocycles. The Labute approximate surface area is 129 Å². The molecule has 0 aliphatic heterocycles. The smallest absolute Gasteiger partial charge is 0.321 e. The third-order valence-corrected chi connectivity index (χ3v) is 3.29. The number of ether oxygens (including phenoxy) is 2. The Morgan fingerprint density at radius 2 is 1.64 bits per heavy atom. The number of hydrogen-bond donors (Lipinski definition) is 0. The summed E-state index contributed by atoms with van der Waals surface area (Å²) in [4.78, 5) is 24.9. The predicted molar refractivity (Wildman–Crippen MR) is 83.1 cm³/mol. The van der Waals surface area contributed by atoms with Crippen LogP contribution in [0.2, 0.25) is 0 Å². The molecule has 0 N–H and O–H groups in total. The quantitative estimate of drug-likeness (QED) is 0.467. The summed E-state index contributed by atoms with van der Waals surface area (Å²) in [6.45, 7) is 1.95. The van der Waals surface area contributed by atoms with E-state index in [9.17, 15) is 9.59 Å². The summed E-state index contributed by atoms with van der Waals surface area (Å²) < 4.78 is 10.2. The SMILES string of the molecule is CCOC(=O)[C@H](C(=O)c1ccccc1)c1ccc(OC)cc1. The highest BCUT2D eigenvalue weighted by Gasteiger charge is 2.30. The summed E-state index contributed by atoms with van der Waals surface area (Å²) in [7, 11) is 1.56. The van der Waals surface area contributed by atoms with E-state index in [0.717, 1.165) is 0 Å². The van der Waals surface area contributed by atoms with Crippen molar-refractivity contribution < 1.29 is 19.1 Å². The van der Waals surface area contributed by atoms with Gasteiger partial charge in [-0.15, -0.1) is 0 Å². The van der Waals surface area contributed by atoms with Gasteiger partial charge in [0.25, 0.3) is 0 Å². The van der Waals surface area contributed by atoms with E-state index in [0.29, 0.717) is 16.9 Å². The Morgan fingerprint density at radius 3 is 2.18 bits per heavy atom. The molecular formula is C18H18O4. The Kier molecular flexibility index (Phi) is 5.31. The molecule has 2 rings (SSSR count). The number of methoxy groups -OCH3 is 1. The van der Waals surface area contributed by atoms with E-state index in [-0.39, 0.29) is 12.4 Å². The first-order valence-corrected chi connectivity index (χ1v) is 7.07. The fraction of sp³-hybridized carbons (Fsp3) is 0.222. The summed E-state index contributed by atoms with van der Waals surface area (Å²) in [5, 5.41) is 0. The summed E-state index contributed by atoms with van der Waals surface area (Å²) in [5.74, 6) is -1.11. The monoisotopic (exact) mass is 298 g/mol. The Bertz CT molecular complexity index is 632. The van der Waals surface area contributed by atoms with Gasteiger partial charge in [0.2, 0.25) is 0 Å². The molecule has 0 heterocycles. The summed E-state index contributed by atoms with van der Waals surface area (Å²) >= 11 is 0. The van der Waals surface area contributed by atoms with E-state index >= 15 is 0 Å². The fourth-order valence-corrected chi connectivity index (χ4v) is 2.19. The predicted octanol–water partition coefficient (Wildman–Crippen LogP) is 3.22. The average molecular weight is 298 g/mol. The van der Waals surface area contributed by atoms with Crippen molar-refractivity contribution in [3.8, 4) is 5.75 Å². The molecule has 4 heteroatoms. The minimum absolute atomic E-state index is 0.230. The first-order valence-electron chi connectivity index (χ1n) is 7.07. The maximum absolute atomic E-state index is 12.7. The Balaban J connectivity index is 2.37. The van der Waals surface area contributed by atoms with Gasteiger partial charge in [0.1, 0.15) is 11.7 Å². The fourth-order valence-electron chi connectivity index (χ4n) is 2.19. The molecule has 2 aromatic rings. The zero-order chi connectivity index (χ0) is 15.9. The first kappa shape index (κ1) is 15.8. The van der Waals surface area contributed by atoms with Crippen molar-refractivity contribution in [1.82, 2.24) is 0 Å². The standard InChI is InChI=1S/C18H18O4/c1-3-22-18(20)16(13-9-11-15(21-2)12-10-13)17(19)14-7-5-4-6-8-14/h4-12,16H,3H2,1-2H3/t16-/m0/s1. The van der Waals surface area contributed by atoms with Crippen molar-refractivity contribution in [2.75, 3.05) is 13.7 Å². The van der Waals surface area contributed by atoms with Gasteiger partial charge in [-0.05, 0) is 24.6 Å². The van der Waals surface area contributed by atoms with Gasteiger partial charge in [-0.25, -0.2) is 0 Å². The number of carbonyl (C=O) groups is 2. The number of hydrogen-bond acceptors (Lipinski definition) is 4. The lowest BCUT2D eigenvalue weighted by Gasteiger charge is -2.15. The van der Waals surface area contributed by atoms with Crippen LogP contribution in [0.1, 0.15) is 28.8 Å². The van der Waals surface area contributed by atoms with E-state index in [1.54, 1.807) is 62.6 Å². The van der Waals surface area contributed by atoms with E-state index in [2.05, 4.69) is 0 Å². The molecule has 0 aliphatic carbocycles. The van der Waals surface area contributed by atoms with Crippen molar-refractivity contribution in [3.05, 3.63) is 65.7 Å². The summed E-state index contributed by atoms with van der Waals surface area (Å²) in [6.07, 6.45) is 0. The lowest BCUT2D eigenvalue weighted by molar-refractivity contribution is -0.143. The van der Waals surface area contributed by atoms with Gasteiger partial charge in [-0.1, -0.05) is 42.5 Å². The van der Waals surface area contributed by atoms with Crippen LogP contribution in [-0.4, -0.2) is 25.5 Å². The molecule has 22 heavy (non-hydrogen) atoms. The second-order valence-corrected chi connectivity index (χ2v) is 4.69. The summed E-state index contributed by atoms with van der Waals surface area (Å²) in [6, 6.07) is 15.6. The number of benzene rings is 2. The minimum atomic E-state index is -0.965. The van der Waals surface area contributed by atoms with Crippen LogP contribution < -0.4 is 4.74 Å². The van der Waals surface area contributed by atoms with Gasteiger partial charge in [0.05, 0.1) is 13.7 Å². The molecule has 0 bridgehead atoms. The molecule has 0 spiro atoms. The Morgan fingerprint density at radius 1 is 1.00 bits per heavy atom. The van der Waals surface area contributed by atoms with Crippen LogP contribution >= 0.6 is 0 Å². The van der Waals surface area contributed by atoms with Crippen LogP contribution in [-0.2, 0) is 9.53 Å². The molecule has 0 fully saturated rings. The number of carbonyl (C=O) groups excluding carboxylic acids is 2. The minimum Gasteiger partial charge on any atom is -0.497 e. The van der Waals surface area contributed by atoms with Crippen molar-refractivity contribution in [2.24, 2.45) is 0 Å². The highest BCUT2D eigenvalue weighted by Crippen LogP contribution is 2.25. The van der Waals surface area contributed by atoms with Crippen molar-refractivity contribution in [3.63, 3.8) is 0 Å². The number of rotatable bonds is 6. The first-order chi connectivity index (χ1) is 10.7.